The Morgan fingerprint density at radius 3 is 2.40 bits per heavy atom. The molecule has 0 saturated carbocycles. The van der Waals surface area contributed by atoms with Gasteiger partial charge in [-0.25, -0.2) is 0 Å². The molecule has 6 heteroatoms. The molecule has 0 fully saturated rings. The molecular weight excluding hydrogens is 151 g/mol. The molecule has 1 heterocycles. The average molecular weight is 155 g/mol. The second-order valence-electron chi connectivity index (χ2n) is 1.87. The topological polar surface area (TPSA) is 41.8 Å². The van der Waals surface area contributed by atoms with Crippen molar-refractivity contribution < 1.29 is 23.1 Å². The first kappa shape index (κ1) is 7.33. The normalized spacial score (nSPS) is 32.4. The van der Waals surface area contributed by atoms with Gasteiger partial charge in [0.25, 0.3) is 0 Å². The predicted molar refractivity (Wildman–Crippen MR) is 25.2 cm³/mol. The Balaban J connectivity index is 2.71. The molecule has 1 aliphatic heterocycles. The molecule has 3 nitrogen and oxygen atoms in total. The van der Waals surface area contributed by atoms with Crippen molar-refractivity contribution in [3.63, 3.8) is 0 Å². The van der Waals surface area contributed by atoms with Crippen LogP contribution in [0, 0.1) is 0 Å². The van der Waals surface area contributed by atoms with E-state index in [-0.39, 0.29) is 0 Å². The molecule has 0 amide bonds. The molecule has 0 aromatic heterocycles. The number of hydrogen-bond donors (Lipinski definition) is 1. The summed E-state index contributed by atoms with van der Waals surface area (Å²) in [7, 11) is 0. The van der Waals surface area contributed by atoms with Crippen LogP contribution in [0.3, 0.4) is 0 Å². The van der Waals surface area contributed by atoms with Crippen molar-refractivity contribution in [1.82, 2.24) is 0 Å². The molecule has 58 valence electrons. The van der Waals surface area contributed by atoms with Gasteiger partial charge >= 0.3 is 12.0 Å². The van der Waals surface area contributed by atoms with Gasteiger partial charge in [0.1, 0.15) is 0 Å². The minimum atomic E-state index is -4.77. The zero-order chi connectivity index (χ0) is 7.83. The smallest absolute Gasteiger partial charge is 0.350 e. The van der Waals surface area contributed by atoms with Crippen LogP contribution in [0.5, 0.6) is 0 Å². The molecule has 0 aliphatic carbocycles. The molecule has 1 N–H and O–H groups in total. The van der Waals surface area contributed by atoms with Crippen molar-refractivity contribution in [2.75, 3.05) is 0 Å². The molecule has 0 aromatic rings. The molecule has 1 rings (SSSR count). The van der Waals surface area contributed by atoms with E-state index in [0.29, 0.717) is 0 Å². The van der Waals surface area contributed by atoms with Gasteiger partial charge in [-0.3, -0.25) is 0 Å². The van der Waals surface area contributed by atoms with Crippen LogP contribution in [0.4, 0.5) is 13.2 Å². The third-order valence-corrected chi connectivity index (χ3v) is 1.09. The first-order chi connectivity index (χ1) is 4.46. The van der Waals surface area contributed by atoms with E-state index in [1.165, 1.54) is 0 Å². The Bertz CT molecular complexity index is 156. The van der Waals surface area contributed by atoms with Crippen LogP contribution in [0.15, 0.2) is 5.16 Å². The van der Waals surface area contributed by atoms with Crippen LogP contribution in [0.1, 0.15) is 6.42 Å². The highest BCUT2D eigenvalue weighted by molar-refractivity contribution is 5.59. The van der Waals surface area contributed by atoms with Gasteiger partial charge in [-0.2, -0.15) is 13.2 Å². The fourth-order valence-electron chi connectivity index (χ4n) is 0.490. The summed E-state index contributed by atoms with van der Waals surface area (Å²) in [6.45, 7) is 0. The first-order valence-corrected chi connectivity index (χ1v) is 2.45. The van der Waals surface area contributed by atoms with E-state index in [4.69, 9.17) is 5.11 Å². The lowest BCUT2D eigenvalue weighted by atomic mass is 10.2. The van der Waals surface area contributed by atoms with Gasteiger partial charge in [-0.05, 0) is 0 Å². The minimum Gasteiger partial charge on any atom is -0.350 e. The van der Waals surface area contributed by atoms with Crippen molar-refractivity contribution in [3.8, 4) is 0 Å². The maximum atomic E-state index is 11.7. The van der Waals surface area contributed by atoms with Crippen molar-refractivity contribution in [2.24, 2.45) is 5.16 Å². The number of nitrogens with zero attached hydrogens (tertiary/aromatic N) is 1. The monoisotopic (exact) mass is 155 g/mol. The van der Waals surface area contributed by atoms with Gasteiger partial charge in [0.2, 0.25) is 0 Å². The van der Waals surface area contributed by atoms with Crippen LogP contribution < -0.4 is 0 Å². The summed E-state index contributed by atoms with van der Waals surface area (Å²) in [5, 5.41) is 11.4. The summed E-state index contributed by atoms with van der Waals surface area (Å²) in [4.78, 5) is 3.70. The third-order valence-electron chi connectivity index (χ3n) is 1.09. The molecule has 1 aliphatic rings. The summed E-state index contributed by atoms with van der Waals surface area (Å²) >= 11 is 0. The summed E-state index contributed by atoms with van der Waals surface area (Å²) < 4.78 is 35.1. The fraction of sp³-hybridized carbons (Fsp3) is 0.750. The number of rotatable bonds is 0. The number of halogens is 3. The molecule has 1 atom stereocenters. The number of oxime groups is 1. The Morgan fingerprint density at radius 1 is 1.60 bits per heavy atom. The fourth-order valence-corrected chi connectivity index (χ4v) is 0.490. The Hall–Kier alpha value is -0.780. The molecule has 0 bridgehead atoms. The molecule has 0 saturated heterocycles. The quantitative estimate of drug-likeness (QED) is 0.557. The number of alkyl halides is 3. The van der Waals surface area contributed by atoms with Crippen molar-refractivity contribution >= 4 is 6.21 Å². The van der Waals surface area contributed by atoms with Gasteiger partial charge in [0, 0.05) is 0 Å². The first-order valence-electron chi connectivity index (χ1n) is 2.45. The van der Waals surface area contributed by atoms with Gasteiger partial charge in [0.15, 0.2) is 0 Å². The SMILES string of the molecule is OC1(C(F)(F)F)CC=NO1. The van der Waals surface area contributed by atoms with E-state index >= 15 is 0 Å². The van der Waals surface area contributed by atoms with E-state index in [9.17, 15) is 13.2 Å². The van der Waals surface area contributed by atoms with Gasteiger partial charge in [-0.15, -0.1) is 0 Å². The maximum Gasteiger partial charge on any atom is 0.458 e. The van der Waals surface area contributed by atoms with Crippen molar-refractivity contribution in [2.45, 2.75) is 18.4 Å². The molecular formula is C4H4F3NO2. The highest BCUT2D eigenvalue weighted by Crippen LogP contribution is 2.35. The van der Waals surface area contributed by atoms with E-state index < -0.39 is 18.4 Å². The van der Waals surface area contributed by atoms with E-state index in [2.05, 4.69) is 9.99 Å². The molecule has 0 aromatic carbocycles. The van der Waals surface area contributed by atoms with E-state index in [1.807, 2.05) is 0 Å². The van der Waals surface area contributed by atoms with Crippen LogP contribution in [0.2, 0.25) is 0 Å². The molecule has 0 radical (unpaired) electrons. The van der Waals surface area contributed by atoms with Gasteiger partial charge in [0.05, 0.1) is 12.6 Å². The largest absolute Gasteiger partial charge is 0.458 e. The zero-order valence-electron chi connectivity index (χ0n) is 4.72. The van der Waals surface area contributed by atoms with Crippen LogP contribution in [-0.4, -0.2) is 23.3 Å². The Labute approximate surface area is 54.1 Å². The molecule has 1 unspecified atom stereocenters. The molecule has 10 heavy (non-hydrogen) atoms. The maximum absolute atomic E-state index is 11.7. The van der Waals surface area contributed by atoms with Crippen molar-refractivity contribution in [3.05, 3.63) is 0 Å². The lowest BCUT2D eigenvalue weighted by Crippen LogP contribution is -2.44. The van der Waals surface area contributed by atoms with Gasteiger partial charge in [-0.1, -0.05) is 5.16 Å². The zero-order valence-corrected chi connectivity index (χ0v) is 4.72. The second-order valence-corrected chi connectivity index (χ2v) is 1.87. The number of aliphatic hydroxyl groups is 1. The third kappa shape index (κ3) is 0.942. The van der Waals surface area contributed by atoms with Gasteiger partial charge < -0.3 is 9.94 Å². The predicted octanol–water partition coefficient (Wildman–Crippen LogP) is 0.643. The number of hydrogen-bond acceptors (Lipinski definition) is 3. The second kappa shape index (κ2) is 1.85. The summed E-state index contributed by atoms with van der Waals surface area (Å²) in [6, 6.07) is 0. The highest BCUT2D eigenvalue weighted by Gasteiger charge is 2.58. The van der Waals surface area contributed by atoms with Crippen LogP contribution in [-0.2, 0) is 4.84 Å². The summed E-state index contributed by atoms with van der Waals surface area (Å²) in [6.07, 6.45) is -4.55. The Morgan fingerprint density at radius 2 is 2.20 bits per heavy atom. The standard InChI is InChI=1S/C4H4F3NO2/c5-4(6,7)3(9)1-2-8-10-3/h2,9H,1H2. The van der Waals surface area contributed by atoms with E-state index in [0.717, 1.165) is 6.21 Å². The lowest BCUT2D eigenvalue weighted by molar-refractivity contribution is -0.355. The van der Waals surface area contributed by atoms with Crippen molar-refractivity contribution in [1.29, 1.82) is 0 Å². The van der Waals surface area contributed by atoms with Crippen LogP contribution in [0.25, 0.3) is 0 Å². The van der Waals surface area contributed by atoms with E-state index in [1.54, 1.807) is 0 Å². The average Bonchev–Trinajstić information content (AvgIpc) is 2.13. The Kier molecular flexibility index (Phi) is 1.36. The van der Waals surface area contributed by atoms with Crippen LogP contribution >= 0.6 is 0 Å². The lowest BCUT2D eigenvalue weighted by Gasteiger charge is -2.21. The summed E-state index contributed by atoms with van der Waals surface area (Å²) in [5.74, 6) is -3.09. The minimum absolute atomic E-state index is 0.642. The molecule has 0 spiro atoms. The highest BCUT2D eigenvalue weighted by atomic mass is 19.4. The summed E-state index contributed by atoms with van der Waals surface area (Å²) in [5.41, 5.74) is 0.